The summed E-state index contributed by atoms with van der Waals surface area (Å²) in [4.78, 5) is 13.7. The summed E-state index contributed by atoms with van der Waals surface area (Å²) in [5.41, 5.74) is 3.47. The molecule has 1 fully saturated rings. The molecule has 0 bridgehead atoms. The van der Waals surface area contributed by atoms with Crippen LogP contribution in [0, 0.1) is 12.7 Å². The van der Waals surface area contributed by atoms with E-state index in [9.17, 15) is 4.39 Å². The molecule has 7 heteroatoms. The average Bonchev–Trinajstić information content (AvgIpc) is 2.75. The van der Waals surface area contributed by atoms with Crippen LogP contribution < -0.4 is 10.1 Å². The van der Waals surface area contributed by atoms with E-state index >= 15 is 0 Å². The molecule has 30 heavy (non-hydrogen) atoms. The summed E-state index contributed by atoms with van der Waals surface area (Å²) in [7, 11) is 1.49. The number of aryl methyl sites for hydroxylation is 1. The van der Waals surface area contributed by atoms with Crippen LogP contribution in [0.25, 0.3) is 0 Å². The number of ether oxygens (including phenoxy) is 1. The first kappa shape index (κ1) is 22.0. The van der Waals surface area contributed by atoms with Crippen molar-refractivity contribution in [3.05, 3.63) is 59.2 Å². The fourth-order valence-electron chi connectivity index (χ4n) is 3.68. The third-order valence-electron chi connectivity index (χ3n) is 5.41. The van der Waals surface area contributed by atoms with Gasteiger partial charge in [0, 0.05) is 58.2 Å². The third-order valence-corrected chi connectivity index (χ3v) is 5.41. The first-order valence-electron chi connectivity index (χ1n) is 10.6. The van der Waals surface area contributed by atoms with E-state index in [-0.39, 0.29) is 11.6 Å². The first-order valence-corrected chi connectivity index (χ1v) is 10.6. The molecule has 6 nitrogen and oxygen atoms in total. The molecule has 162 valence electrons. The summed E-state index contributed by atoms with van der Waals surface area (Å²) in [6, 6.07) is 7.26. The van der Waals surface area contributed by atoms with Crippen molar-refractivity contribution in [1.29, 1.82) is 0 Å². The fourth-order valence-corrected chi connectivity index (χ4v) is 3.68. The lowest BCUT2D eigenvalue weighted by atomic mass is 10.1. The van der Waals surface area contributed by atoms with E-state index in [0.29, 0.717) is 0 Å². The maximum atomic E-state index is 13.9. The van der Waals surface area contributed by atoms with Crippen molar-refractivity contribution in [1.82, 2.24) is 20.1 Å². The highest BCUT2D eigenvalue weighted by Crippen LogP contribution is 2.19. The van der Waals surface area contributed by atoms with E-state index in [1.165, 1.54) is 18.2 Å². The molecule has 1 aromatic carbocycles. The van der Waals surface area contributed by atoms with E-state index in [2.05, 4.69) is 40.0 Å². The van der Waals surface area contributed by atoms with Gasteiger partial charge in [-0.1, -0.05) is 6.07 Å². The maximum absolute atomic E-state index is 13.9. The second-order valence-electron chi connectivity index (χ2n) is 7.52. The zero-order valence-corrected chi connectivity index (χ0v) is 18.2. The lowest BCUT2D eigenvalue weighted by molar-refractivity contribution is 0.172. The Morgan fingerprint density at radius 2 is 2.03 bits per heavy atom. The lowest BCUT2D eigenvalue weighted by Crippen LogP contribution is -2.52. The number of nitrogens with zero attached hydrogens (tertiary/aromatic N) is 4. The van der Waals surface area contributed by atoms with Crippen LogP contribution in [0.5, 0.6) is 5.75 Å². The minimum Gasteiger partial charge on any atom is -0.494 e. The Balaban J connectivity index is 1.53. The van der Waals surface area contributed by atoms with E-state index in [1.807, 2.05) is 18.5 Å². The number of piperazine rings is 1. The molecule has 1 aromatic heterocycles. The van der Waals surface area contributed by atoms with Crippen LogP contribution in [0.2, 0.25) is 0 Å². The number of aliphatic imine (C=N–C) groups is 1. The summed E-state index contributed by atoms with van der Waals surface area (Å²) >= 11 is 0. The largest absolute Gasteiger partial charge is 0.494 e. The van der Waals surface area contributed by atoms with Crippen molar-refractivity contribution in [3.8, 4) is 5.75 Å². The Bertz CT molecular complexity index is 849. The van der Waals surface area contributed by atoms with Crippen molar-refractivity contribution in [2.45, 2.75) is 26.8 Å². The third kappa shape index (κ3) is 5.92. The number of hydrogen-bond acceptors (Lipinski definition) is 4. The topological polar surface area (TPSA) is 53.0 Å². The van der Waals surface area contributed by atoms with Crippen LogP contribution >= 0.6 is 0 Å². The van der Waals surface area contributed by atoms with Gasteiger partial charge in [-0.05, 0) is 55.2 Å². The van der Waals surface area contributed by atoms with Crippen molar-refractivity contribution < 1.29 is 9.13 Å². The lowest BCUT2D eigenvalue weighted by Gasteiger charge is -2.36. The predicted molar refractivity (Wildman–Crippen MR) is 118 cm³/mol. The number of hydrogen-bond donors (Lipinski definition) is 1. The van der Waals surface area contributed by atoms with Gasteiger partial charge in [0.25, 0.3) is 0 Å². The normalized spacial score (nSPS) is 15.3. The number of pyridine rings is 1. The van der Waals surface area contributed by atoms with Crippen molar-refractivity contribution in [3.63, 3.8) is 0 Å². The summed E-state index contributed by atoms with van der Waals surface area (Å²) in [6.45, 7) is 10.2. The minimum atomic E-state index is -0.306. The Morgan fingerprint density at radius 1 is 1.23 bits per heavy atom. The molecule has 0 aliphatic carbocycles. The molecule has 0 radical (unpaired) electrons. The highest BCUT2D eigenvalue weighted by Gasteiger charge is 2.20. The molecular weight excluding hydrogens is 381 g/mol. The van der Waals surface area contributed by atoms with Gasteiger partial charge in [0.15, 0.2) is 17.5 Å². The number of halogens is 1. The molecule has 0 unspecified atom stereocenters. The van der Waals surface area contributed by atoms with Crippen molar-refractivity contribution in [2.24, 2.45) is 4.99 Å². The van der Waals surface area contributed by atoms with Gasteiger partial charge in [-0.25, -0.2) is 4.39 Å². The van der Waals surface area contributed by atoms with Gasteiger partial charge in [0.2, 0.25) is 0 Å². The Kier molecular flexibility index (Phi) is 8.02. The monoisotopic (exact) mass is 413 g/mol. The molecule has 0 amide bonds. The molecule has 2 aromatic rings. The Hall–Kier alpha value is -2.67. The SMILES string of the molecule is CCNC(=NCCc1ccncc1C)N1CCN(Cc2ccc(OC)c(F)c2)CC1. The summed E-state index contributed by atoms with van der Waals surface area (Å²) in [5.74, 6) is 0.955. The number of nitrogens with one attached hydrogen (secondary N) is 1. The van der Waals surface area contributed by atoms with Crippen LogP contribution in [0.4, 0.5) is 4.39 Å². The van der Waals surface area contributed by atoms with Gasteiger partial charge in [-0.2, -0.15) is 0 Å². The van der Waals surface area contributed by atoms with Gasteiger partial charge in [0.1, 0.15) is 0 Å². The average molecular weight is 414 g/mol. The zero-order valence-electron chi connectivity index (χ0n) is 18.2. The maximum Gasteiger partial charge on any atom is 0.194 e. The number of rotatable bonds is 7. The van der Waals surface area contributed by atoms with E-state index < -0.39 is 0 Å². The smallest absolute Gasteiger partial charge is 0.194 e. The molecule has 1 aliphatic heterocycles. The zero-order chi connectivity index (χ0) is 21.3. The number of aromatic nitrogens is 1. The summed E-state index contributed by atoms with van der Waals surface area (Å²) in [5, 5.41) is 3.42. The predicted octanol–water partition coefficient (Wildman–Crippen LogP) is 2.86. The van der Waals surface area contributed by atoms with Crippen molar-refractivity contribution >= 4 is 5.96 Å². The van der Waals surface area contributed by atoms with Crippen LogP contribution in [-0.2, 0) is 13.0 Å². The molecule has 2 heterocycles. The number of methoxy groups -OCH3 is 1. The number of benzene rings is 1. The molecule has 0 atom stereocenters. The van der Waals surface area contributed by atoms with Crippen LogP contribution in [-0.4, -0.2) is 67.1 Å². The number of guanidine groups is 1. The Labute approximate surface area is 178 Å². The first-order chi connectivity index (χ1) is 14.6. The molecule has 1 aliphatic rings. The fraction of sp³-hybridized carbons (Fsp3) is 0.478. The second kappa shape index (κ2) is 10.9. The molecule has 0 saturated carbocycles. The standard InChI is InChI=1S/C23H32FN5O/c1-4-26-23(27-10-8-20-7-9-25-16-18(20)2)29-13-11-28(12-14-29)17-19-5-6-22(30-3)21(24)15-19/h5-7,9,15-16H,4,8,10-14,17H2,1-3H3,(H,26,27). The highest BCUT2D eigenvalue weighted by atomic mass is 19.1. The van der Waals surface area contributed by atoms with Gasteiger partial charge in [-0.15, -0.1) is 0 Å². The molecular formula is C23H32FN5O. The van der Waals surface area contributed by atoms with E-state index in [0.717, 1.165) is 63.8 Å². The summed E-state index contributed by atoms with van der Waals surface area (Å²) < 4.78 is 18.9. The van der Waals surface area contributed by atoms with Crippen LogP contribution in [0.1, 0.15) is 23.6 Å². The van der Waals surface area contributed by atoms with Gasteiger partial charge >= 0.3 is 0 Å². The van der Waals surface area contributed by atoms with Gasteiger partial charge in [-0.3, -0.25) is 14.9 Å². The molecule has 3 rings (SSSR count). The molecule has 1 N–H and O–H groups in total. The van der Waals surface area contributed by atoms with Crippen molar-refractivity contribution in [2.75, 3.05) is 46.4 Å². The highest BCUT2D eigenvalue weighted by molar-refractivity contribution is 5.80. The van der Waals surface area contributed by atoms with E-state index in [1.54, 1.807) is 12.1 Å². The quantitative estimate of drug-likeness (QED) is 0.559. The Morgan fingerprint density at radius 3 is 2.70 bits per heavy atom. The van der Waals surface area contributed by atoms with E-state index in [4.69, 9.17) is 9.73 Å². The molecule has 1 saturated heterocycles. The molecule has 0 spiro atoms. The second-order valence-corrected chi connectivity index (χ2v) is 7.52. The van der Waals surface area contributed by atoms with Gasteiger partial charge in [0.05, 0.1) is 7.11 Å². The minimum absolute atomic E-state index is 0.289. The van der Waals surface area contributed by atoms with Gasteiger partial charge < -0.3 is 15.0 Å². The summed E-state index contributed by atoms with van der Waals surface area (Å²) in [6.07, 6.45) is 4.65. The van der Waals surface area contributed by atoms with Crippen LogP contribution in [0.3, 0.4) is 0 Å². The van der Waals surface area contributed by atoms with Crippen LogP contribution in [0.15, 0.2) is 41.7 Å².